The van der Waals surface area contributed by atoms with Crippen LogP contribution in [0.25, 0.3) is 16.3 Å². The molecule has 0 radical (unpaired) electrons. The fourth-order valence-electron chi connectivity index (χ4n) is 2.96. The highest BCUT2D eigenvalue weighted by atomic mass is 32.1. The van der Waals surface area contributed by atoms with Crippen molar-refractivity contribution in [2.24, 2.45) is 0 Å². The number of carbonyl (C=O) groups excluding carboxylic acids is 1. The third-order valence-electron chi connectivity index (χ3n) is 4.25. The Bertz CT molecular complexity index is 880. The van der Waals surface area contributed by atoms with Crippen molar-refractivity contribution >= 4 is 17.2 Å². The average molecular weight is 353 g/mol. The third kappa shape index (κ3) is 3.23. The number of carbonyl (C=O) groups is 1. The van der Waals surface area contributed by atoms with Gasteiger partial charge in [0.15, 0.2) is 0 Å². The second kappa shape index (κ2) is 6.82. The van der Waals surface area contributed by atoms with Crippen LogP contribution in [-0.2, 0) is 4.74 Å². The summed E-state index contributed by atoms with van der Waals surface area (Å²) in [6.45, 7) is 4.44. The first kappa shape index (κ1) is 16.1. The van der Waals surface area contributed by atoms with E-state index in [1.54, 1.807) is 16.0 Å². The summed E-state index contributed by atoms with van der Waals surface area (Å²) in [6, 6.07) is 14.0. The number of ether oxygens (including phenoxy) is 1. The van der Waals surface area contributed by atoms with Crippen molar-refractivity contribution in [2.45, 2.75) is 6.92 Å². The molecule has 0 aliphatic carbocycles. The zero-order chi connectivity index (χ0) is 17.2. The van der Waals surface area contributed by atoms with Gasteiger partial charge in [0, 0.05) is 13.1 Å². The summed E-state index contributed by atoms with van der Waals surface area (Å²) in [5.41, 5.74) is 3.46. The van der Waals surface area contributed by atoms with E-state index in [-0.39, 0.29) is 5.91 Å². The molecule has 128 valence electrons. The number of morpholine rings is 1. The molecule has 1 amide bonds. The molecule has 1 saturated heterocycles. The lowest BCUT2D eigenvalue weighted by atomic mass is 10.2. The first-order valence-electron chi connectivity index (χ1n) is 8.30. The second-order valence-corrected chi connectivity index (χ2v) is 7.00. The van der Waals surface area contributed by atoms with E-state index in [1.807, 2.05) is 59.7 Å². The van der Waals surface area contributed by atoms with E-state index in [4.69, 9.17) is 9.84 Å². The second-order valence-electron chi connectivity index (χ2n) is 6.05. The summed E-state index contributed by atoms with van der Waals surface area (Å²) in [6.07, 6.45) is 0. The lowest BCUT2D eigenvalue weighted by molar-refractivity contribution is 0.0297. The van der Waals surface area contributed by atoms with Crippen molar-refractivity contribution in [1.29, 1.82) is 0 Å². The van der Waals surface area contributed by atoms with Crippen LogP contribution in [0.3, 0.4) is 0 Å². The monoisotopic (exact) mass is 353 g/mol. The topological polar surface area (TPSA) is 47.4 Å². The molecule has 0 bridgehead atoms. The normalized spacial score (nSPS) is 14.7. The Hall–Kier alpha value is -2.44. The summed E-state index contributed by atoms with van der Waals surface area (Å²) in [5.74, 6) is 0.000104. The summed E-state index contributed by atoms with van der Waals surface area (Å²) in [7, 11) is 0. The van der Waals surface area contributed by atoms with E-state index in [0.29, 0.717) is 32.0 Å². The Morgan fingerprint density at radius 1 is 1.16 bits per heavy atom. The lowest BCUT2D eigenvalue weighted by Crippen LogP contribution is -2.41. The maximum Gasteiger partial charge on any atom is 0.272 e. The van der Waals surface area contributed by atoms with Crippen molar-refractivity contribution in [1.82, 2.24) is 14.7 Å². The maximum absolute atomic E-state index is 13.1. The fraction of sp³-hybridized carbons (Fsp3) is 0.263. The predicted molar refractivity (Wildman–Crippen MR) is 98.3 cm³/mol. The molecule has 6 heteroatoms. The van der Waals surface area contributed by atoms with E-state index >= 15 is 0 Å². The molecular weight excluding hydrogens is 334 g/mol. The highest BCUT2D eigenvalue weighted by molar-refractivity contribution is 7.13. The number of aromatic nitrogens is 2. The first-order chi connectivity index (χ1) is 12.2. The molecule has 0 unspecified atom stereocenters. The van der Waals surface area contributed by atoms with Gasteiger partial charge in [-0.1, -0.05) is 18.2 Å². The van der Waals surface area contributed by atoms with Crippen molar-refractivity contribution in [3.63, 3.8) is 0 Å². The molecule has 0 N–H and O–H groups in total. The molecule has 3 aromatic rings. The van der Waals surface area contributed by atoms with Crippen LogP contribution in [-0.4, -0.2) is 46.9 Å². The molecule has 4 rings (SSSR count). The van der Waals surface area contributed by atoms with Crippen LogP contribution in [0.4, 0.5) is 0 Å². The number of hydrogen-bond acceptors (Lipinski definition) is 4. The number of hydrogen-bond donors (Lipinski definition) is 0. The first-order valence-corrected chi connectivity index (χ1v) is 9.18. The zero-order valence-corrected chi connectivity index (χ0v) is 14.8. The van der Waals surface area contributed by atoms with Crippen molar-refractivity contribution in [3.05, 3.63) is 59.1 Å². The van der Waals surface area contributed by atoms with Gasteiger partial charge >= 0.3 is 0 Å². The number of aryl methyl sites for hydroxylation is 1. The van der Waals surface area contributed by atoms with Crippen LogP contribution < -0.4 is 0 Å². The van der Waals surface area contributed by atoms with Gasteiger partial charge in [-0.15, -0.1) is 11.3 Å². The number of benzene rings is 1. The largest absolute Gasteiger partial charge is 0.378 e. The van der Waals surface area contributed by atoms with Gasteiger partial charge < -0.3 is 9.64 Å². The SMILES string of the molecule is Cc1cccc(-n2nc(-c3cccs3)cc2C(=O)N2CCOCC2)c1. The summed E-state index contributed by atoms with van der Waals surface area (Å²) >= 11 is 1.62. The van der Waals surface area contributed by atoms with Crippen LogP contribution in [0.1, 0.15) is 16.1 Å². The van der Waals surface area contributed by atoms with Crippen LogP contribution >= 0.6 is 11.3 Å². The van der Waals surface area contributed by atoms with Crippen LogP contribution in [0.2, 0.25) is 0 Å². The molecule has 1 aliphatic rings. The highest BCUT2D eigenvalue weighted by Crippen LogP contribution is 2.26. The molecule has 0 atom stereocenters. The fourth-order valence-corrected chi connectivity index (χ4v) is 3.64. The van der Waals surface area contributed by atoms with E-state index in [9.17, 15) is 4.79 Å². The maximum atomic E-state index is 13.1. The summed E-state index contributed by atoms with van der Waals surface area (Å²) in [5, 5.41) is 6.75. The Labute approximate surface area is 150 Å². The van der Waals surface area contributed by atoms with E-state index in [2.05, 4.69) is 0 Å². The Morgan fingerprint density at radius 3 is 2.72 bits per heavy atom. The van der Waals surface area contributed by atoms with Gasteiger partial charge in [0.05, 0.1) is 23.8 Å². The molecule has 1 fully saturated rings. The molecule has 5 nitrogen and oxygen atoms in total. The quantitative estimate of drug-likeness (QED) is 0.725. The van der Waals surface area contributed by atoms with Gasteiger partial charge in [-0.3, -0.25) is 4.79 Å². The molecule has 2 aromatic heterocycles. The van der Waals surface area contributed by atoms with Gasteiger partial charge in [0.2, 0.25) is 0 Å². The minimum atomic E-state index is 0.000104. The Kier molecular flexibility index (Phi) is 4.38. The third-order valence-corrected chi connectivity index (χ3v) is 5.14. The number of thiophene rings is 1. The van der Waals surface area contributed by atoms with Gasteiger partial charge in [-0.2, -0.15) is 5.10 Å². The summed E-state index contributed by atoms with van der Waals surface area (Å²) < 4.78 is 7.13. The smallest absolute Gasteiger partial charge is 0.272 e. The molecule has 0 saturated carbocycles. The summed E-state index contributed by atoms with van der Waals surface area (Å²) in [4.78, 5) is 16.0. The Balaban J connectivity index is 1.79. The van der Waals surface area contributed by atoms with E-state index in [0.717, 1.165) is 21.8 Å². The van der Waals surface area contributed by atoms with Crippen molar-refractivity contribution < 1.29 is 9.53 Å². The number of rotatable bonds is 3. The minimum Gasteiger partial charge on any atom is -0.378 e. The molecule has 25 heavy (non-hydrogen) atoms. The molecule has 3 heterocycles. The van der Waals surface area contributed by atoms with Gasteiger partial charge in [-0.25, -0.2) is 4.68 Å². The van der Waals surface area contributed by atoms with E-state index in [1.165, 1.54) is 0 Å². The lowest BCUT2D eigenvalue weighted by Gasteiger charge is -2.26. The van der Waals surface area contributed by atoms with Gasteiger partial charge in [0.25, 0.3) is 5.91 Å². The average Bonchev–Trinajstić information content (AvgIpc) is 3.31. The highest BCUT2D eigenvalue weighted by Gasteiger charge is 2.24. The molecular formula is C19H19N3O2S. The van der Waals surface area contributed by atoms with Crippen LogP contribution in [0, 0.1) is 6.92 Å². The Morgan fingerprint density at radius 2 is 2.00 bits per heavy atom. The van der Waals surface area contributed by atoms with Crippen molar-refractivity contribution in [3.8, 4) is 16.3 Å². The molecule has 0 spiro atoms. The van der Waals surface area contributed by atoms with E-state index < -0.39 is 0 Å². The van der Waals surface area contributed by atoms with Gasteiger partial charge in [-0.05, 0) is 42.1 Å². The zero-order valence-electron chi connectivity index (χ0n) is 14.0. The van der Waals surface area contributed by atoms with Crippen molar-refractivity contribution in [2.75, 3.05) is 26.3 Å². The number of nitrogens with zero attached hydrogens (tertiary/aromatic N) is 3. The van der Waals surface area contributed by atoms with Crippen LogP contribution in [0.5, 0.6) is 0 Å². The number of amides is 1. The minimum absolute atomic E-state index is 0.000104. The molecule has 1 aromatic carbocycles. The van der Waals surface area contributed by atoms with Gasteiger partial charge in [0.1, 0.15) is 11.4 Å². The molecule has 1 aliphatic heterocycles. The standard InChI is InChI=1S/C19H19N3O2S/c1-14-4-2-5-15(12-14)22-17(19(23)21-7-9-24-10-8-21)13-16(20-22)18-6-3-11-25-18/h2-6,11-13H,7-10H2,1H3. The van der Waals surface area contributed by atoms with Crippen LogP contribution in [0.15, 0.2) is 47.8 Å². The predicted octanol–water partition coefficient (Wildman–Crippen LogP) is 3.38.